The Kier molecular flexibility index (Phi) is 5.12. The Labute approximate surface area is 108 Å². The summed E-state index contributed by atoms with van der Waals surface area (Å²) in [4.78, 5) is 21.2. The molecule has 0 radical (unpaired) electrons. The third-order valence-corrected chi connectivity index (χ3v) is 5.57. The molecule has 0 aliphatic rings. The molecular formula is C11H13NO5Se. The zero-order valence-electron chi connectivity index (χ0n) is 9.79. The molecule has 1 unspecified atom stereocenters. The predicted molar refractivity (Wildman–Crippen MR) is 65.8 cm³/mol. The van der Waals surface area contributed by atoms with Crippen LogP contribution in [0, 0.1) is 10.1 Å². The van der Waals surface area contributed by atoms with Crippen molar-refractivity contribution in [3.05, 3.63) is 33.9 Å². The van der Waals surface area contributed by atoms with Crippen molar-refractivity contribution < 1.29 is 18.7 Å². The number of aromatic carboxylic acids is 1. The zero-order chi connectivity index (χ0) is 13.7. The Bertz CT molecular complexity index is 468. The van der Waals surface area contributed by atoms with Crippen LogP contribution in [-0.2, 0) is 3.83 Å². The number of nitrogens with zero attached hydrogens (tertiary/aromatic N) is 1. The van der Waals surface area contributed by atoms with Gasteiger partial charge in [0.05, 0.1) is 0 Å². The monoisotopic (exact) mass is 319 g/mol. The first-order valence-corrected chi connectivity index (χ1v) is 8.14. The van der Waals surface area contributed by atoms with E-state index >= 15 is 0 Å². The summed E-state index contributed by atoms with van der Waals surface area (Å²) in [5.41, 5.74) is -0.577. The minimum absolute atomic E-state index is 0.0940. The van der Waals surface area contributed by atoms with Gasteiger partial charge in [0.1, 0.15) is 0 Å². The number of hydrogen-bond acceptors (Lipinski definition) is 4. The van der Waals surface area contributed by atoms with Crippen molar-refractivity contribution >= 4 is 30.0 Å². The molecule has 6 nitrogen and oxygen atoms in total. The SMILES string of the molecule is CCCC[Se](=O)c1c(C(=O)O)cccc1[N+](=O)[O-]. The average molecular weight is 318 g/mol. The first-order chi connectivity index (χ1) is 8.49. The Balaban J connectivity index is 3.31. The molecule has 1 N–H and O–H groups in total. The number of carboxylic acid groups (broad SMARTS) is 1. The van der Waals surface area contributed by atoms with Gasteiger partial charge in [-0.2, -0.15) is 0 Å². The maximum atomic E-state index is 12.1. The molecule has 0 amide bonds. The van der Waals surface area contributed by atoms with Crippen molar-refractivity contribution in [1.29, 1.82) is 0 Å². The number of carboxylic acids is 1. The number of unbranched alkanes of at least 4 members (excludes halogenated alkanes) is 1. The second-order valence-electron chi connectivity index (χ2n) is 3.62. The molecule has 0 fully saturated rings. The first-order valence-electron chi connectivity index (χ1n) is 5.38. The van der Waals surface area contributed by atoms with Crippen LogP contribution in [0.4, 0.5) is 5.69 Å². The van der Waals surface area contributed by atoms with Crippen molar-refractivity contribution in [2.75, 3.05) is 0 Å². The molecule has 0 saturated heterocycles. The van der Waals surface area contributed by atoms with Crippen LogP contribution in [0.25, 0.3) is 0 Å². The Hall–Kier alpha value is -1.59. The van der Waals surface area contributed by atoms with Gasteiger partial charge in [0.25, 0.3) is 0 Å². The molecule has 1 aromatic carbocycles. The molecule has 0 saturated carbocycles. The Morgan fingerprint density at radius 2 is 2.17 bits per heavy atom. The van der Waals surface area contributed by atoms with E-state index in [0.29, 0.717) is 11.7 Å². The Morgan fingerprint density at radius 1 is 1.50 bits per heavy atom. The maximum absolute atomic E-state index is 12.1. The van der Waals surface area contributed by atoms with Crippen LogP contribution < -0.4 is 4.46 Å². The van der Waals surface area contributed by atoms with E-state index in [0.717, 1.165) is 6.42 Å². The van der Waals surface area contributed by atoms with E-state index in [9.17, 15) is 18.7 Å². The normalized spacial score (nSPS) is 12.1. The summed E-state index contributed by atoms with van der Waals surface area (Å²) in [6.45, 7) is 1.91. The van der Waals surface area contributed by atoms with Gasteiger partial charge in [0, 0.05) is 0 Å². The molecule has 7 heteroatoms. The van der Waals surface area contributed by atoms with Gasteiger partial charge >= 0.3 is 108 Å². The molecule has 98 valence electrons. The summed E-state index contributed by atoms with van der Waals surface area (Å²) >= 11 is -2.70. The van der Waals surface area contributed by atoms with Crippen molar-refractivity contribution in [3.63, 3.8) is 0 Å². The van der Waals surface area contributed by atoms with Gasteiger partial charge < -0.3 is 0 Å². The van der Waals surface area contributed by atoms with Crippen LogP contribution in [0.1, 0.15) is 30.1 Å². The summed E-state index contributed by atoms with van der Waals surface area (Å²) in [7, 11) is 0. The first kappa shape index (κ1) is 14.5. The van der Waals surface area contributed by atoms with Crippen LogP contribution in [0.2, 0.25) is 5.32 Å². The number of nitro groups is 1. The minimum atomic E-state index is -2.70. The summed E-state index contributed by atoms with van der Waals surface area (Å²) < 4.78 is 12.0. The van der Waals surface area contributed by atoms with E-state index in [1.165, 1.54) is 18.2 Å². The molecule has 0 aliphatic carbocycles. The summed E-state index contributed by atoms with van der Waals surface area (Å²) in [5, 5.41) is 20.2. The molecule has 18 heavy (non-hydrogen) atoms. The topological polar surface area (TPSA) is 97.5 Å². The third-order valence-electron chi connectivity index (χ3n) is 2.33. The molecule has 1 rings (SSSR count). The number of benzene rings is 1. The van der Waals surface area contributed by atoms with Gasteiger partial charge in [0.15, 0.2) is 0 Å². The molecule has 0 bridgehead atoms. The van der Waals surface area contributed by atoms with Crippen LogP contribution in [0.15, 0.2) is 18.2 Å². The fourth-order valence-electron chi connectivity index (χ4n) is 1.45. The predicted octanol–water partition coefficient (Wildman–Crippen LogP) is 1.72. The zero-order valence-corrected chi connectivity index (χ0v) is 11.5. The van der Waals surface area contributed by atoms with Crippen molar-refractivity contribution in [2.24, 2.45) is 0 Å². The molecule has 0 heterocycles. The second kappa shape index (κ2) is 6.37. The number of carbonyl (C=O) groups is 1. The number of nitro benzene ring substituents is 1. The second-order valence-corrected chi connectivity index (χ2v) is 6.78. The fraction of sp³-hybridized carbons (Fsp3) is 0.364. The standard InChI is InChI=1S/C11H13NO5Se/c1-2-3-7-18(17)10-8(11(13)14)5-4-6-9(10)12(15)16/h4-6H,2-3,7H2,1H3,(H,13,14). The van der Waals surface area contributed by atoms with Crippen molar-refractivity contribution in [2.45, 2.75) is 25.1 Å². The van der Waals surface area contributed by atoms with Gasteiger partial charge in [0.2, 0.25) is 0 Å². The molecule has 0 aliphatic heterocycles. The molecular weight excluding hydrogens is 305 g/mol. The van der Waals surface area contributed by atoms with Crippen molar-refractivity contribution in [3.8, 4) is 0 Å². The molecule has 1 aromatic rings. The number of hydrogen-bond donors (Lipinski definition) is 1. The summed E-state index contributed by atoms with van der Waals surface area (Å²) in [6.07, 6.45) is 1.48. The number of rotatable bonds is 6. The molecule has 1 atom stereocenters. The van der Waals surface area contributed by atoms with Crippen LogP contribution >= 0.6 is 0 Å². The third kappa shape index (κ3) is 3.21. The van der Waals surface area contributed by atoms with E-state index in [2.05, 4.69) is 0 Å². The molecule has 0 spiro atoms. The summed E-state index contributed by atoms with van der Waals surface area (Å²) in [6, 6.07) is 3.75. The van der Waals surface area contributed by atoms with Gasteiger partial charge in [-0.15, -0.1) is 0 Å². The van der Waals surface area contributed by atoms with E-state index in [-0.39, 0.29) is 15.7 Å². The van der Waals surface area contributed by atoms with Crippen LogP contribution in [-0.4, -0.2) is 29.8 Å². The van der Waals surface area contributed by atoms with Crippen LogP contribution in [0.5, 0.6) is 0 Å². The summed E-state index contributed by atoms with van der Waals surface area (Å²) in [5.74, 6) is -1.28. The van der Waals surface area contributed by atoms with Gasteiger partial charge in [-0.05, 0) is 0 Å². The molecule has 0 aromatic heterocycles. The van der Waals surface area contributed by atoms with Crippen LogP contribution in [0.3, 0.4) is 0 Å². The van der Waals surface area contributed by atoms with E-state index in [1.54, 1.807) is 0 Å². The van der Waals surface area contributed by atoms with E-state index in [4.69, 9.17) is 5.11 Å². The van der Waals surface area contributed by atoms with Gasteiger partial charge in [-0.1, -0.05) is 0 Å². The quantitative estimate of drug-likeness (QED) is 0.489. The van der Waals surface area contributed by atoms with Gasteiger partial charge in [-0.3, -0.25) is 0 Å². The average Bonchev–Trinajstić information content (AvgIpc) is 2.34. The van der Waals surface area contributed by atoms with E-state index < -0.39 is 24.7 Å². The Morgan fingerprint density at radius 3 is 2.67 bits per heavy atom. The van der Waals surface area contributed by atoms with Crippen molar-refractivity contribution in [1.82, 2.24) is 0 Å². The fourth-order valence-corrected chi connectivity index (χ4v) is 4.67. The van der Waals surface area contributed by atoms with Gasteiger partial charge in [-0.25, -0.2) is 0 Å². The van der Waals surface area contributed by atoms with E-state index in [1.807, 2.05) is 6.92 Å².